The predicted molar refractivity (Wildman–Crippen MR) is 287 cm³/mol. The van der Waals surface area contributed by atoms with Crippen LogP contribution in [-0.4, -0.2) is 46.9 Å². The summed E-state index contributed by atoms with van der Waals surface area (Å²) in [5.41, 5.74) is 0. The first-order valence-corrected chi connectivity index (χ1v) is 29.2. The van der Waals surface area contributed by atoms with Gasteiger partial charge < -0.3 is 20.3 Å². The largest absolute Gasteiger partial charge is 0.462 e. The van der Waals surface area contributed by atoms with E-state index in [4.69, 9.17) is 4.74 Å². The quantitative estimate of drug-likeness (QED) is 0.0244. The third kappa shape index (κ3) is 48.5. The number of aliphatic hydroxyl groups is 2. The minimum absolute atomic E-state index is 0.0470. The molecule has 0 saturated carbocycles. The Bertz CT molecular complexity index is 1090. The first-order valence-electron chi connectivity index (χ1n) is 29.2. The third-order valence-electron chi connectivity index (χ3n) is 13.5. The van der Waals surface area contributed by atoms with Crippen LogP contribution in [0.2, 0.25) is 0 Å². The van der Waals surface area contributed by atoms with Crippen LogP contribution in [-0.2, 0) is 14.3 Å². The van der Waals surface area contributed by atoms with Crippen LogP contribution in [0.1, 0.15) is 310 Å². The van der Waals surface area contributed by atoms with E-state index in [0.29, 0.717) is 19.3 Å². The van der Waals surface area contributed by atoms with Crippen molar-refractivity contribution in [3.05, 3.63) is 36.5 Å². The van der Waals surface area contributed by atoms with Gasteiger partial charge >= 0.3 is 5.97 Å². The zero-order chi connectivity index (χ0) is 48.1. The van der Waals surface area contributed by atoms with E-state index in [0.717, 1.165) is 57.8 Å². The molecule has 3 N–H and O–H groups in total. The number of carbonyl (C=O) groups excluding carboxylic acids is 2. The molecule has 3 unspecified atom stereocenters. The molecule has 0 fully saturated rings. The zero-order valence-electron chi connectivity index (χ0n) is 44.3. The van der Waals surface area contributed by atoms with E-state index in [2.05, 4.69) is 62.5 Å². The Morgan fingerprint density at radius 3 is 1.20 bits per heavy atom. The molecule has 0 radical (unpaired) electrons. The number of unbranched alkanes of at least 4 members (excludes halogenated alkanes) is 36. The number of nitrogens with one attached hydrogen (secondary N) is 1. The Balaban J connectivity index is 4.55. The molecule has 6 heteroatoms. The summed E-state index contributed by atoms with van der Waals surface area (Å²) in [4.78, 5) is 26.3. The molecule has 0 aliphatic heterocycles. The molecule has 388 valence electrons. The summed E-state index contributed by atoms with van der Waals surface area (Å²) in [5.74, 6) is -0.509. The van der Waals surface area contributed by atoms with E-state index in [-0.39, 0.29) is 24.9 Å². The number of esters is 1. The second-order valence-corrected chi connectivity index (χ2v) is 20.1. The first-order chi connectivity index (χ1) is 32.5. The van der Waals surface area contributed by atoms with Crippen LogP contribution in [0.4, 0.5) is 0 Å². The Labute approximate surface area is 411 Å². The number of amides is 1. The highest BCUT2D eigenvalue weighted by atomic mass is 16.5. The van der Waals surface area contributed by atoms with Crippen molar-refractivity contribution in [2.24, 2.45) is 0 Å². The van der Waals surface area contributed by atoms with Crippen LogP contribution in [0.15, 0.2) is 36.5 Å². The molecule has 0 saturated heterocycles. The molecule has 0 bridgehead atoms. The molecule has 0 aromatic rings. The molecule has 66 heavy (non-hydrogen) atoms. The van der Waals surface area contributed by atoms with Gasteiger partial charge in [-0.05, 0) is 70.6 Å². The number of ether oxygens (including phenoxy) is 1. The Morgan fingerprint density at radius 2 is 0.788 bits per heavy atom. The fourth-order valence-electron chi connectivity index (χ4n) is 9.01. The van der Waals surface area contributed by atoms with Gasteiger partial charge in [-0.2, -0.15) is 0 Å². The van der Waals surface area contributed by atoms with Crippen molar-refractivity contribution < 1.29 is 24.5 Å². The number of carbonyl (C=O) groups is 2. The average Bonchev–Trinajstić information content (AvgIpc) is 3.31. The first kappa shape index (κ1) is 64.1. The van der Waals surface area contributed by atoms with Gasteiger partial charge in [-0.3, -0.25) is 9.59 Å². The summed E-state index contributed by atoms with van der Waals surface area (Å²) < 4.78 is 5.94. The van der Waals surface area contributed by atoms with Crippen LogP contribution in [0.5, 0.6) is 0 Å². The van der Waals surface area contributed by atoms with E-state index in [1.165, 1.54) is 205 Å². The minimum Gasteiger partial charge on any atom is -0.462 e. The summed E-state index contributed by atoms with van der Waals surface area (Å²) >= 11 is 0. The van der Waals surface area contributed by atoms with Crippen LogP contribution < -0.4 is 5.32 Å². The molecule has 0 rings (SSSR count). The van der Waals surface area contributed by atoms with Crippen LogP contribution >= 0.6 is 0 Å². The van der Waals surface area contributed by atoms with Gasteiger partial charge in [0.25, 0.3) is 0 Å². The van der Waals surface area contributed by atoms with Crippen molar-refractivity contribution >= 4 is 11.9 Å². The summed E-state index contributed by atoms with van der Waals surface area (Å²) in [6, 6.07) is -0.715. The van der Waals surface area contributed by atoms with Gasteiger partial charge in [0, 0.05) is 6.42 Å². The molecule has 0 aromatic carbocycles. The van der Waals surface area contributed by atoms with Crippen LogP contribution in [0.3, 0.4) is 0 Å². The highest BCUT2D eigenvalue weighted by molar-refractivity contribution is 5.77. The molecule has 0 aliphatic rings. The zero-order valence-corrected chi connectivity index (χ0v) is 44.3. The van der Waals surface area contributed by atoms with Crippen molar-refractivity contribution in [1.29, 1.82) is 0 Å². The Hall–Kier alpha value is -1.92. The molecule has 6 nitrogen and oxygen atoms in total. The molecule has 0 heterocycles. The SMILES string of the molecule is CCCCCCCC/C=C/CCCCCCCCCCCC(=O)OC(CCC/C=C/C=C/CCCCCCCCC)CC(=O)NC(CO)C(O)CCCCCCCCCCCCCCCC. The number of allylic oxidation sites excluding steroid dienone is 6. The van der Waals surface area contributed by atoms with Crippen LogP contribution in [0, 0.1) is 0 Å². The fraction of sp³-hybridized carbons (Fsp3) is 0.867. The van der Waals surface area contributed by atoms with E-state index >= 15 is 0 Å². The number of rotatable bonds is 53. The molecule has 0 aliphatic carbocycles. The highest BCUT2D eigenvalue weighted by Crippen LogP contribution is 2.18. The van der Waals surface area contributed by atoms with E-state index < -0.39 is 18.2 Å². The summed E-state index contributed by atoms with van der Waals surface area (Å²) in [6.45, 7) is 6.49. The Morgan fingerprint density at radius 1 is 0.439 bits per heavy atom. The monoisotopic (exact) mass is 928 g/mol. The smallest absolute Gasteiger partial charge is 0.306 e. The molecule has 0 spiro atoms. The van der Waals surface area contributed by atoms with Gasteiger partial charge in [0.05, 0.1) is 25.2 Å². The van der Waals surface area contributed by atoms with Gasteiger partial charge in [0.15, 0.2) is 0 Å². The minimum atomic E-state index is -0.798. The van der Waals surface area contributed by atoms with Crippen molar-refractivity contribution in [3.63, 3.8) is 0 Å². The fourth-order valence-corrected chi connectivity index (χ4v) is 9.01. The molecular weight excluding hydrogens is 815 g/mol. The lowest BCUT2D eigenvalue weighted by Crippen LogP contribution is -2.46. The van der Waals surface area contributed by atoms with E-state index in [9.17, 15) is 19.8 Å². The number of aliphatic hydroxyl groups excluding tert-OH is 2. The maximum atomic E-state index is 13.2. The van der Waals surface area contributed by atoms with Gasteiger partial charge in [-0.25, -0.2) is 0 Å². The lowest BCUT2D eigenvalue weighted by atomic mass is 10.0. The lowest BCUT2D eigenvalue weighted by molar-refractivity contribution is -0.151. The van der Waals surface area contributed by atoms with Crippen LogP contribution in [0.25, 0.3) is 0 Å². The van der Waals surface area contributed by atoms with Gasteiger partial charge in [-0.15, -0.1) is 0 Å². The normalized spacial score (nSPS) is 13.3. The summed E-state index contributed by atoms with van der Waals surface area (Å²) in [5, 5.41) is 23.8. The average molecular weight is 929 g/mol. The van der Waals surface area contributed by atoms with Crippen molar-refractivity contribution in [3.8, 4) is 0 Å². The third-order valence-corrected chi connectivity index (χ3v) is 13.5. The lowest BCUT2D eigenvalue weighted by Gasteiger charge is -2.24. The summed E-state index contributed by atoms with van der Waals surface area (Å²) in [6.07, 6.45) is 65.0. The standard InChI is InChI=1S/C60H113NO5/c1-4-7-10-13-16-19-22-25-28-29-30-31-32-35-38-41-44-47-50-53-60(65)66-56(51-48-45-42-39-36-33-26-23-20-17-14-11-8-5-2)54-59(64)61-57(55-62)58(63)52-49-46-43-40-37-34-27-24-21-18-15-12-9-6-3/h25,28,33,36,39,42,56-58,62-63H,4-24,26-27,29-32,34-35,37-38,40-41,43-55H2,1-3H3,(H,61,64)/b28-25+,36-33+,42-39+. The highest BCUT2D eigenvalue weighted by Gasteiger charge is 2.24. The van der Waals surface area contributed by atoms with E-state index in [1.807, 2.05) is 0 Å². The number of hydrogen-bond acceptors (Lipinski definition) is 5. The molecular formula is C60H113NO5. The maximum absolute atomic E-state index is 13.2. The molecule has 3 atom stereocenters. The van der Waals surface area contributed by atoms with Crippen molar-refractivity contribution in [2.45, 2.75) is 328 Å². The molecule has 1 amide bonds. The second-order valence-electron chi connectivity index (χ2n) is 20.1. The topological polar surface area (TPSA) is 95.9 Å². The van der Waals surface area contributed by atoms with Crippen molar-refractivity contribution in [1.82, 2.24) is 5.32 Å². The molecule has 0 aromatic heterocycles. The Kier molecular flexibility index (Phi) is 52.5. The second kappa shape index (κ2) is 54.0. The predicted octanol–water partition coefficient (Wildman–Crippen LogP) is 18.0. The van der Waals surface area contributed by atoms with Gasteiger partial charge in [0.2, 0.25) is 5.91 Å². The summed E-state index contributed by atoms with van der Waals surface area (Å²) in [7, 11) is 0. The van der Waals surface area contributed by atoms with Crippen molar-refractivity contribution in [2.75, 3.05) is 6.61 Å². The maximum Gasteiger partial charge on any atom is 0.306 e. The number of hydrogen-bond donors (Lipinski definition) is 3. The van der Waals surface area contributed by atoms with Gasteiger partial charge in [-0.1, -0.05) is 263 Å². The van der Waals surface area contributed by atoms with Gasteiger partial charge in [0.1, 0.15) is 6.10 Å². The van der Waals surface area contributed by atoms with E-state index in [1.54, 1.807) is 0 Å².